The number of amides is 1. The number of aromatic nitrogens is 2. The minimum Gasteiger partial charge on any atom is -0.386 e. The Kier molecular flexibility index (Phi) is 4.38. The number of nitrogens with zero attached hydrogens (tertiary/aromatic N) is 2. The lowest BCUT2D eigenvalue weighted by molar-refractivity contribution is -0.219. The number of aliphatic hydroxyl groups excluding tert-OH is 2. The van der Waals surface area contributed by atoms with Gasteiger partial charge in [0, 0.05) is 25.0 Å². The number of carbonyl (C=O) groups is 1. The average Bonchev–Trinajstić information content (AvgIpc) is 2.43. The number of aliphatic hydroxyl groups is 2. The van der Waals surface area contributed by atoms with E-state index in [0.29, 0.717) is 6.42 Å². The Morgan fingerprint density at radius 2 is 2.32 bits per heavy atom. The summed E-state index contributed by atoms with van der Waals surface area (Å²) >= 11 is 0. The molecule has 0 aromatic carbocycles. The van der Waals surface area contributed by atoms with Gasteiger partial charge in [0.1, 0.15) is 11.8 Å². The second-order valence-corrected chi connectivity index (χ2v) is 4.34. The third kappa shape index (κ3) is 3.44. The van der Waals surface area contributed by atoms with E-state index < -0.39 is 24.5 Å². The summed E-state index contributed by atoms with van der Waals surface area (Å²) in [4.78, 5) is 19.3. The molecule has 0 aliphatic carbocycles. The van der Waals surface area contributed by atoms with Crippen molar-refractivity contribution in [1.82, 2.24) is 15.3 Å². The van der Waals surface area contributed by atoms with Crippen LogP contribution in [0.2, 0.25) is 0 Å². The number of nitrogens with one attached hydrogen (secondary N) is 1. The predicted molar refractivity (Wildman–Crippen MR) is 63.8 cm³/mol. The molecule has 19 heavy (non-hydrogen) atoms. The van der Waals surface area contributed by atoms with E-state index in [1.165, 1.54) is 18.6 Å². The van der Waals surface area contributed by atoms with Gasteiger partial charge >= 0.3 is 0 Å². The number of hydrogen-bond donors (Lipinski definition) is 4. The molecule has 1 fully saturated rings. The van der Waals surface area contributed by atoms with E-state index in [0.717, 1.165) is 0 Å². The highest BCUT2D eigenvalue weighted by molar-refractivity contribution is 5.91. The fraction of sp³-hybridized carbons (Fsp3) is 0.545. The summed E-state index contributed by atoms with van der Waals surface area (Å²) in [6.45, 7) is 0.173. The number of ether oxygens (including phenoxy) is 1. The van der Waals surface area contributed by atoms with Crippen molar-refractivity contribution in [3.63, 3.8) is 0 Å². The van der Waals surface area contributed by atoms with Crippen LogP contribution in [0.25, 0.3) is 0 Å². The molecule has 104 valence electrons. The molecule has 1 aromatic rings. The first-order valence-electron chi connectivity index (χ1n) is 5.89. The molecule has 4 atom stereocenters. The van der Waals surface area contributed by atoms with Crippen molar-refractivity contribution in [2.45, 2.75) is 31.0 Å². The van der Waals surface area contributed by atoms with Crippen LogP contribution in [-0.4, -0.2) is 57.2 Å². The molecule has 0 saturated carbocycles. The minimum absolute atomic E-state index is 0.173. The molecule has 0 bridgehead atoms. The van der Waals surface area contributed by atoms with Crippen molar-refractivity contribution in [1.29, 1.82) is 0 Å². The maximum atomic E-state index is 11.7. The van der Waals surface area contributed by atoms with Gasteiger partial charge in [-0.1, -0.05) is 0 Å². The van der Waals surface area contributed by atoms with Gasteiger partial charge in [-0.2, -0.15) is 0 Å². The Labute approximate surface area is 109 Å². The first kappa shape index (κ1) is 13.8. The van der Waals surface area contributed by atoms with Gasteiger partial charge in [0.15, 0.2) is 6.29 Å². The Morgan fingerprint density at radius 3 is 2.95 bits per heavy atom. The Morgan fingerprint density at radius 1 is 1.53 bits per heavy atom. The van der Waals surface area contributed by atoms with Gasteiger partial charge < -0.3 is 26.0 Å². The first-order chi connectivity index (χ1) is 9.08. The summed E-state index contributed by atoms with van der Waals surface area (Å²) in [5, 5.41) is 21.4. The summed E-state index contributed by atoms with van der Waals surface area (Å²) in [7, 11) is 0. The Hall–Kier alpha value is -1.61. The second-order valence-electron chi connectivity index (χ2n) is 4.34. The van der Waals surface area contributed by atoms with Gasteiger partial charge in [0.2, 0.25) is 0 Å². The van der Waals surface area contributed by atoms with Crippen LogP contribution in [0.3, 0.4) is 0 Å². The van der Waals surface area contributed by atoms with E-state index in [9.17, 15) is 15.0 Å². The number of carbonyl (C=O) groups excluding carboxylic acids is 1. The summed E-state index contributed by atoms with van der Waals surface area (Å²) in [5.74, 6) is -0.383. The topological polar surface area (TPSA) is 131 Å². The van der Waals surface area contributed by atoms with Crippen LogP contribution < -0.4 is 11.1 Å². The fourth-order valence-electron chi connectivity index (χ4n) is 1.83. The second kappa shape index (κ2) is 6.02. The van der Waals surface area contributed by atoms with Crippen LogP contribution in [0.4, 0.5) is 0 Å². The van der Waals surface area contributed by atoms with E-state index >= 15 is 0 Å². The molecule has 1 aromatic heterocycles. The predicted octanol–water partition coefficient (Wildman–Crippen LogP) is -2.00. The molecule has 1 amide bonds. The molecular weight excluding hydrogens is 252 g/mol. The fourth-order valence-corrected chi connectivity index (χ4v) is 1.83. The quantitative estimate of drug-likeness (QED) is 0.498. The molecule has 2 heterocycles. The highest BCUT2D eigenvalue weighted by atomic mass is 16.6. The lowest BCUT2D eigenvalue weighted by Gasteiger charge is -2.35. The summed E-state index contributed by atoms with van der Waals surface area (Å²) in [5.41, 5.74) is 5.85. The van der Waals surface area contributed by atoms with Gasteiger partial charge in [0.05, 0.1) is 12.3 Å². The summed E-state index contributed by atoms with van der Waals surface area (Å²) < 4.78 is 5.13. The molecule has 2 unspecified atom stereocenters. The van der Waals surface area contributed by atoms with Crippen LogP contribution in [0.1, 0.15) is 16.9 Å². The third-order valence-electron chi connectivity index (χ3n) is 2.88. The number of nitrogens with two attached hydrogens (primary N) is 1. The SMILES string of the molecule is NC1C[C@@H](CNC(=O)c2cnccn2)O[C@@H](O)C1O. The third-order valence-corrected chi connectivity index (χ3v) is 2.88. The molecule has 0 spiro atoms. The van der Waals surface area contributed by atoms with Crippen LogP contribution in [0.5, 0.6) is 0 Å². The normalized spacial score (nSPS) is 30.9. The van der Waals surface area contributed by atoms with Crippen LogP contribution in [0.15, 0.2) is 18.6 Å². The summed E-state index contributed by atoms with van der Waals surface area (Å²) in [6.07, 6.45) is 1.70. The smallest absolute Gasteiger partial charge is 0.271 e. The lowest BCUT2D eigenvalue weighted by atomic mass is 10.0. The van der Waals surface area contributed by atoms with Crippen molar-refractivity contribution >= 4 is 5.91 Å². The maximum Gasteiger partial charge on any atom is 0.271 e. The Balaban J connectivity index is 1.84. The zero-order chi connectivity index (χ0) is 13.8. The maximum absolute atomic E-state index is 11.7. The molecule has 2 rings (SSSR count). The molecule has 0 radical (unpaired) electrons. The van der Waals surface area contributed by atoms with Gasteiger partial charge in [-0.05, 0) is 6.42 Å². The molecule has 1 saturated heterocycles. The summed E-state index contributed by atoms with van der Waals surface area (Å²) in [6, 6.07) is -0.581. The zero-order valence-electron chi connectivity index (χ0n) is 10.1. The zero-order valence-corrected chi connectivity index (χ0v) is 10.1. The van der Waals surface area contributed by atoms with Crippen molar-refractivity contribution in [2.24, 2.45) is 5.73 Å². The lowest BCUT2D eigenvalue weighted by Crippen LogP contribution is -2.54. The van der Waals surface area contributed by atoms with E-state index in [1.807, 2.05) is 0 Å². The van der Waals surface area contributed by atoms with Crippen LogP contribution in [0, 0.1) is 0 Å². The molecule has 1 aliphatic rings. The molecule has 8 nitrogen and oxygen atoms in total. The van der Waals surface area contributed by atoms with Crippen molar-refractivity contribution in [3.05, 3.63) is 24.3 Å². The Bertz CT molecular complexity index is 418. The van der Waals surface area contributed by atoms with Crippen molar-refractivity contribution in [2.75, 3.05) is 6.54 Å². The van der Waals surface area contributed by atoms with E-state index in [-0.39, 0.29) is 18.1 Å². The highest BCUT2D eigenvalue weighted by Crippen LogP contribution is 2.16. The standard InChI is InChI=1S/C11H16N4O4/c12-7-3-6(19-11(18)9(7)16)4-15-10(17)8-5-13-1-2-14-8/h1-2,5-7,9,11,16,18H,3-4,12H2,(H,15,17)/t6-,7?,9?,11+/m0/s1. The molecule has 5 N–H and O–H groups in total. The first-order valence-corrected chi connectivity index (χ1v) is 5.89. The van der Waals surface area contributed by atoms with Gasteiger partial charge in [-0.15, -0.1) is 0 Å². The van der Waals surface area contributed by atoms with Crippen LogP contribution >= 0.6 is 0 Å². The largest absolute Gasteiger partial charge is 0.386 e. The monoisotopic (exact) mass is 268 g/mol. The molecule has 8 heteroatoms. The number of hydrogen-bond acceptors (Lipinski definition) is 7. The van der Waals surface area contributed by atoms with E-state index in [2.05, 4.69) is 15.3 Å². The van der Waals surface area contributed by atoms with Crippen molar-refractivity contribution < 1.29 is 19.7 Å². The average molecular weight is 268 g/mol. The molecule has 1 aliphatic heterocycles. The van der Waals surface area contributed by atoms with Gasteiger partial charge in [0.25, 0.3) is 5.91 Å². The molecular formula is C11H16N4O4. The van der Waals surface area contributed by atoms with E-state index in [4.69, 9.17) is 10.5 Å². The van der Waals surface area contributed by atoms with Gasteiger partial charge in [-0.25, -0.2) is 4.98 Å². The van der Waals surface area contributed by atoms with E-state index in [1.54, 1.807) is 0 Å². The van der Waals surface area contributed by atoms with Crippen molar-refractivity contribution in [3.8, 4) is 0 Å². The number of rotatable bonds is 3. The van der Waals surface area contributed by atoms with Crippen LogP contribution in [-0.2, 0) is 4.74 Å². The van der Waals surface area contributed by atoms with Gasteiger partial charge in [-0.3, -0.25) is 9.78 Å². The highest BCUT2D eigenvalue weighted by Gasteiger charge is 2.34. The minimum atomic E-state index is -1.33.